The molecule has 7 nitrogen and oxygen atoms in total. The Hall–Kier alpha value is -2.96. The number of methoxy groups -OCH3 is 1. The van der Waals surface area contributed by atoms with E-state index in [9.17, 15) is 9.59 Å². The summed E-state index contributed by atoms with van der Waals surface area (Å²) < 4.78 is 4.70. The van der Waals surface area contributed by atoms with Crippen LogP contribution in [0.1, 0.15) is 34.7 Å². The second-order valence-electron chi connectivity index (χ2n) is 5.08. The number of anilines is 2. The summed E-state index contributed by atoms with van der Waals surface area (Å²) >= 11 is 0. The summed E-state index contributed by atoms with van der Waals surface area (Å²) in [6.07, 6.45) is 1.31. The van der Waals surface area contributed by atoms with Gasteiger partial charge in [-0.2, -0.15) is 0 Å². The summed E-state index contributed by atoms with van der Waals surface area (Å²) in [6, 6.07) is 8.34. The topological polar surface area (TPSA) is 93.2 Å². The molecular weight excluding hydrogens is 296 g/mol. The minimum atomic E-state index is -0.522. The van der Waals surface area contributed by atoms with Crippen molar-refractivity contribution in [2.24, 2.45) is 0 Å². The first-order valence-corrected chi connectivity index (χ1v) is 7.08. The number of aromatic nitrogens is 2. The number of nitrogens with one attached hydrogen (secondary N) is 2. The second kappa shape index (κ2) is 7.35. The van der Waals surface area contributed by atoms with Gasteiger partial charge in [-0.3, -0.25) is 4.79 Å². The van der Waals surface area contributed by atoms with Crippen LogP contribution >= 0.6 is 0 Å². The van der Waals surface area contributed by atoms with Gasteiger partial charge >= 0.3 is 5.97 Å². The molecule has 2 aromatic rings. The molecule has 23 heavy (non-hydrogen) atoms. The number of para-hydroxylation sites is 1. The molecule has 0 saturated heterocycles. The number of carbonyl (C=O) groups excluding carboxylic acids is 2. The summed E-state index contributed by atoms with van der Waals surface area (Å²) in [5.41, 5.74) is 0.835. The molecule has 0 aliphatic rings. The van der Waals surface area contributed by atoms with Crippen molar-refractivity contribution in [2.75, 3.05) is 17.7 Å². The lowest BCUT2D eigenvalue weighted by molar-refractivity contribution is 0.0602. The predicted molar refractivity (Wildman–Crippen MR) is 86.5 cm³/mol. The molecule has 0 radical (unpaired) electrons. The number of esters is 1. The van der Waals surface area contributed by atoms with Crippen molar-refractivity contribution in [1.29, 1.82) is 0 Å². The highest BCUT2D eigenvalue weighted by molar-refractivity contribution is 6.07. The molecule has 0 atom stereocenters. The van der Waals surface area contributed by atoms with Gasteiger partial charge < -0.3 is 15.4 Å². The zero-order valence-electron chi connectivity index (χ0n) is 13.2. The first-order valence-electron chi connectivity index (χ1n) is 7.08. The Bertz CT molecular complexity index is 716. The summed E-state index contributed by atoms with van der Waals surface area (Å²) in [4.78, 5) is 32.1. The zero-order chi connectivity index (χ0) is 16.8. The van der Waals surface area contributed by atoms with Gasteiger partial charge in [-0.25, -0.2) is 14.8 Å². The van der Waals surface area contributed by atoms with E-state index in [0.717, 1.165) is 0 Å². The molecule has 0 saturated carbocycles. The van der Waals surface area contributed by atoms with Crippen LogP contribution in [0.2, 0.25) is 0 Å². The Kier molecular flexibility index (Phi) is 5.24. The van der Waals surface area contributed by atoms with Crippen LogP contribution in [0.3, 0.4) is 0 Å². The lowest BCUT2D eigenvalue weighted by Gasteiger charge is -2.11. The first-order chi connectivity index (χ1) is 11.0. The van der Waals surface area contributed by atoms with E-state index in [2.05, 4.69) is 20.6 Å². The number of amides is 1. The van der Waals surface area contributed by atoms with Crippen molar-refractivity contribution in [2.45, 2.75) is 19.9 Å². The average Bonchev–Trinajstić information content (AvgIpc) is 2.54. The third-order valence-corrected chi connectivity index (χ3v) is 2.92. The maximum absolute atomic E-state index is 12.3. The maximum atomic E-state index is 12.3. The molecule has 0 unspecified atom stereocenters. The molecule has 7 heteroatoms. The van der Waals surface area contributed by atoms with Crippen LogP contribution in [-0.2, 0) is 4.74 Å². The molecule has 0 aliphatic heterocycles. The van der Waals surface area contributed by atoms with E-state index < -0.39 is 11.9 Å². The predicted octanol–water partition coefficient (Wildman–Crippen LogP) is 2.34. The van der Waals surface area contributed by atoms with Crippen molar-refractivity contribution in [3.05, 3.63) is 47.9 Å². The van der Waals surface area contributed by atoms with Crippen LogP contribution in [-0.4, -0.2) is 35.0 Å². The molecule has 0 bridgehead atoms. The lowest BCUT2D eigenvalue weighted by atomic mass is 10.1. The molecular formula is C16H18N4O3. The van der Waals surface area contributed by atoms with Gasteiger partial charge in [0.05, 0.1) is 18.4 Å². The molecule has 1 aromatic carbocycles. The van der Waals surface area contributed by atoms with E-state index in [1.54, 1.807) is 30.3 Å². The SMILES string of the molecule is COC(=O)c1ccccc1NC(=O)c1cc(NC(C)C)ncn1. The van der Waals surface area contributed by atoms with Gasteiger partial charge in [0.1, 0.15) is 17.8 Å². The van der Waals surface area contributed by atoms with Crippen molar-refractivity contribution >= 4 is 23.4 Å². The van der Waals surface area contributed by atoms with Crippen LogP contribution < -0.4 is 10.6 Å². The minimum absolute atomic E-state index is 0.181. The fraction of sp³-hybridized carbons (Fsp3) is 0.250. The fourth-order valence-electron chi connectivity index (χ4n) is 1.92. The van der Waals surface area contributed by atoms with E-state index in [-0.39, 0.29) is 17.3 Å². The number of nitrogens with zero attached hydrogens (tertiary/aromatic N) is 2. The zero-order valence-corrected chi connectivity index (χ0v) is 13.2. The summed E-state index contributed by atoms with van der Waals surface area (Å²) in [7, 11) is 1.29. The number of carbonyl (C=O) groups is 2. The van der Waals surface area contributed by atoms with Gasteiger partial charge in [0, 0.05) is 12.1 Å². The maximum Gasteiger partial charge on any atom is 0.339 e. The Morgan fingerprint density at radius 1 is 1.17 bits per heavy atom. The van der Waals surface area contributed by atoms with Crippen LogP contribution in [0.4, 0.5) is 11.5 Å². The number of rotatable bonds is 5. The van der Waals surface area contributed by atoms with Gasteiger partial charge in [-0.05, 0) is 26.0 Å². The average molecular weight is 314 g/mol. The van der Waals surface area contributed by atoms with Crippen molar-refractivity contribution < 1.29 is 14.3 Å². The summed E-state index contributed by atoms with van der Waals surface area (Å²) in [6.45, 7) is 3.93. The standard InChI is InChI=1S/C16H18N4O3/c1-10(2)19-14-8-13(17-9-18-14)15(21)20-12-7-5-4-6-11(12)16(22)23-3/h4-10H,1-3H3,(H,20,21)(H,17,18,19). The molecule has 1 heterocycles. The van der Waals surface area contributed by atoms with Gasteiger partial charge in [0.2, 0.25) is 0 Å². The summed E-state index contributed by atoms with van der Waals surface area (Å²) in [5, 5.41) is 5.76. The number of hydrogen-bond acceptors (Lipinski definition) is 6. The van der Waals surface area contributed by atoms with E-state index in [1.165, 1.54) is 13.4 Å². The highest BCUT2D eigenvalue weighted by Gasteiger charge is 2.15. The molecule has 0 aliphatic carbocycles. The van der Waals surface area contributed by atoms with Crippen molar-refractivity contribution in [1.82, 2.24) is 9.97 Å². The third-order valence-electron chi connectivity index (χ3n) is 2.92. The highest BCUT2D eigenvalue weighted by Crippen LogP contribution is 2.17. The largest absolute Gasteiger partial charge is 0.465 e. The third kappa shape index (κ3) is 4.26. The van der Waals surface area contributed by atoms with Crippen molar-refractivity contribution in [3.63, 3.8) is 0 Å². The lowest BCUT2D eigenvalue weighted by Crippen LogP contribution is -2.18. The molecule has 0 fully saturated rings. The molecule has 1 aromatic heterocycles. The number of benzene rings is 1. The van der Waals surface area contributed by atoms with E-state index in [1.807, 2.05) is 13.8 Å². The monoisotopic (exact) mass is 314 g/mol. The molecule has 2 N–H and O–H groups in total. The Labute approximate surface area is 134 Å². The Morgan fingerprint density at radius 2 is 1.91 bits per heavy atom. The Balaban J connectivity index is 2.21. The first kappa shape index (κ1) is 16.4. The molecule has 0 spiro atoms. The fourth-order valence-corrected chi connectivity index (χ4v) is 1.92. The van der Waals surface area contributed by atoms with E-state index in [0.29, 0.717) is 11.5 Å². The normalized spacial score (nSPS) is 10.3. The van der Waals surface area contributed by atoms with Gasteiger partial charge in [-0.15, -0.1) is 0 Å². The van der Waals surface area contributed by atoms with E-state index >= 15 is 0 Å². The molecule has 1 amide bonds. The number of hydrogen-bond donors (Lipinski definition) is 2. The highest BCUT2D eigenvalue weighted by atomic mass is 16.5. The second-order valence-corrected chi connectivity index (χ2v) is 5.08. The van der Waals surface area contributed by atoms with Crippen LogP contribution in [0, 0.1) is 0 Å². The van der Waals surface area contributed by atoms with Crippen LogP contribution in [0.5, 0.6) is 0 Å². The van der Waals surface area contributed by atoms with Crippen molar-refractivity contribution in [3.8, 4) is 0 Å². The minimum Gasteiger partial charge on any atom is -0.465 e. The molecule has 120 valence electrons. The molecule has 2 rings (SSSR count). The smallest absolute Gasteiger partial charge is 0.339 e. The van der Waals surface area contributed by atoms with Gasteiger partial charge in [0.15, 0.2) is 0 Å². The van der Waals surface area contributed by atoms with E-state index in [4.69, 9.17) is 4.74 Å². The van der Waals surface area contributed by atoms with Gasteiger partial charge in [0.25, 0.3) is 5.91 Å². The van der Waals surface area contributed by atoms with Crippen LogP contribution in [0.25, 0.3) is 0 Å². The van der Waals surface area contributed by atoms with Crippen LogP contribution in [0.15, 0.2) is 36.7 Å². The van der Waals surface area contributed by atoms with Gasteiger partial charge in [-0.1, -0.05) is 12.1 Å². The summed E-state index contributed by atoms with van der Waals surface area (Å²) in [5.74, 6) is -0.400. The quantitative estimate of drug-likeness (QED) is 0.823. The number of ether oxygens (including phenoxy) is 1. The Morgan fingerprint density at radius 3 is 2.61 bits per heavy atom.